The van der Waals surface area contributed by atoms with Gasteiger partial charge in [-0.25, -0.2) is 0 Å². The second-order valence-electron chi connectivity index (χ2n) is 3.74. The van der Waals surface area contributed by atoms with E-state index in [2.05, 4.69) is 0 Å². The third-order valence-corrected chi connectivity index (χ3v) is 3.47. The molecule has 0 heterocycles. The molecule has 0 bridgehead atoms. The Morgan fingerprint density at radius 2 is 1.87 bits per heavy atom. The zero-order chi connectivity index (χ0) is 11.8. The quantitative estimate of drug-likeness (QED) is 0.754. The Balaban J connectivity index is 3.50. The monoisotopic (exact) mass is 250 g/mol. The maximum Gasteiger partial charge on any atom is 0.332 e. The minimum Gasteiger partial charge on any atom is -0.189 e. The molecule has 0 atom stereocenters. The van der Waals surface area contributed by atoms with Gasteiger partial charge in [0.25, 0.3) is 0 Å². The van der Waals surface area contributed by atoms with Crippen molar-refractivity contribution in [1.29, 1.82) is 0 Å². The van der Waals surface area contributed by atoms with Gasteiger partial charge in [0, 0.05) is 5.02 Å². The smallest absolute Gasteiger partial charge is 0.189 e. The van der Waals surface area contributed by atoms with Crippen molar-refractivity contribution in [2.24, 2.45) is 0 Å². The lowest BCUT2D eigenvalue weighted by Gasteiger charge is -2.11. The van der Waals surface area contributed by atoms with Crippen LogP contribution in [0.5, 0.6) is 0 Å². The minimum atomic E-state index is -4.66. The summed E-state index contributed by atoms with van der Waals surface area (Å²) in [5.41, 5.74) is 1.21. The van der Waals surface area contributed by atoms with Gasteiger partial charge in [-0.1, -0.05) is 25.4 Å². The number of aryl methyl sites for hydroxylation is 1. The predicted molar refractivity (Wildman–Crippen MR) is 58.6 cm³/mol. The molecular weight excluding hydrogens is 239 g/mol. The Labute approximate surface area is 94.3 Å². The van der Waals surface area contributed by atoms with Crippen molar-refractivity contribution >= 4 is 21.8 Å². The highest BCUT2D eigenvalue weighted by molar-refractivity contribution is 7.86. The predicted octanol–water partition coefficient (Wildman–Crippen LogP) is 3.43. The van der Waals surface area contributed by atoms with Crippen LogP contribution in [0.15, 0.2) is 17.0 Å². The van der Waals surface area contributed by atoms with E-state index < -0.39 is 10.2 Å². The van der Waals surface area contributed by atoms with Gasteiger partial charge in [-0.3, -0.25) is 0 Å². The van der Waals surface area contributed by atoms with Crippen molar-refractivity contribution in [1.82, 2.24) is 0 Å². The molecule has 0 spiro atoms. The number of hydrogen-bond donors (Lipinski definition) is 0. The highest BCUT2D eigenvalue weighted by atomic mass is 35.5. The Bertz CT molecular complexity index is 480. The highest BCUT2D eigenvalue weighted by Crippen LogP contribution is 2.30. The van der Waals surface area contributed by atoms with Gasteiger partial charge >= 0.3 is 10.2 Å². The van der Waals surface area contributed by atoms with Gasteiger partial charge in [0.05, 0.1) is 4.90 Å². The Morgan fingerprint density at radius 3 is 2.27 bits per heavy atom. The van der Waals surface area contributed by atoms with E-state index in [4.69, 9.17) is 11.6 Å². The Kier molecular flexibility index (Phi) is 3.41. The van der Waals surface area contributed by atoms with E-state index in [1.54, 1.807) is 6.92 Å². The fraction of sp³-hybridized carbons (Fsp3) is 0.400. The highest BCUT2D eigenvalue weighted by Gasteiger charge is 2.17. The summed E-state index contributed by atoms with van der Waals surface area (Å²) in [5.74, 6) is 0.0536. The number of benzene rings is 1. The molecule has 0 N–H and O–H groups in total. The standard InChI is InChI=1S/C10H12ClFO2S/c1-6(2)9-5-8(15(12,13)14)4-7(3)10(9)11/h4-6H,1-3H3. The summed E-state index contributed by atoms with van der Waals surface area (Å²) in [5, 5.41) is 0.498. The first-order valence-electron chi connectivity index (χ1n) is 4.48. The topological polar surface area (TPSA) is 34.1 Å². The summed E-state index contributed by atoms with van der Waals surface area (Å²) < 4.78 is 34.3. The molecule has 0 unspecified atom stereocenters. The van der Waals surface area contributed by atoms with Gasteiger partial charge in [-0.2, -0.15) is 8.42 Å². The minimum absolute atomic E-state index is 0.0536. The van der Waals surface area contributed by atoms with Crippen molar-refractivity contribution in [2.45, 2.75) is 31.6 Å². The van der Waals surface area contributed by atoms with Crippen molar-refractivity contribution in [3.05, 3.63) is 28.3 Å². The van der Waals surface area contributed by atoms with E-state index in [-0.39, 0.29) is 10.8 Å². The summed E-state index contributed by atoms with van der Waals surface area (Å²) in [7, 11) is -4.66. The molecular formula is C10H12ClFO2S. The zero-order valence-electron chi connectivity index (χ0n) is 8.71. The normalized spacial score (nSPS) is 12.1. The molecule has 0 aliphatic carbocycles. The zero-order valence-corrected chi connectivity index (χ0v) is 10.3. The fourth-order valence-corrected chi connectivity index (χ4v) is 2.24. The van der Waals surface area contributed by atoms with Crippen molar-refractivity contribution in [2.75, 3.05) is 0 Å². The number of halogens is 2. The molecule has 1 aromatic rings. The molecule has 15 heavy (non-hydrogen) atoms. The first-order chi connectivity index (χ1) is 6.73. The maximum absolute atomic E-state index is 12.8. The Morgan fingerprint density at radius 1 is 1.33 bits per heavy atom. The van der Waals surface area contributed by atoms with Gasteiger partial charge in [-0.15, -0.1) is 3.89 Å². The van der Waals surface area contributed by atoms with Crippen LogP contribution in [0.3, 0.4) is 0 Å². The first kappa shape index (κ1) is 12.5. The molecule has 1 rings (SSSR count). The van der Waals surface area contributed by atoms with Gasteiger partial charge < -0.3 is 0 Å². The summed E-state index contributed by atoms with van der Waals surface area (Å²) in [6.07, 6.45) is 0. The summed E-state index contributed by atoms with van der Waals surface area (Å²) in [6, 6.07) is 2.53. The van der Waals surface area contributed by atoms with Gasteiger partial charge in [0.1, 0.15) is 0 Å². The molecule has 0 saturated carbocycles. The second kappa shape index (κ2) is 4.10. The summed E-state index contributed by atoms with van der Waals surface area (Å²) in [6.45, 7) is 5.40. The molecule has 84 valence electrons. The van der Waals surface area contributed by atoms with E-state index in [0.717, 1.165) is 0 Å². The molecule has 2 nitrogen and oxygen atoms in total. The molecule has 0 radical (unpaired) electrons. The molecule has 5 heteroatoms. The van der Waals surface area contributed by atoms with E-state index in [1.807, 2.05) is 13.8 Å². The van der Waals surface area contributed by atoms with E-state index >= 15 is 0 Å². The lowest BCUT2D eigenvalue weighted by molar-refractivity contribution is 0.551. The molecule has 0 amide bonds. The van der Waals surface area contributed by atoms with E-state index in [9.17, 15) is 12.3 Å². The maximum atomic E-state index is 12.8. The van der Waals surface area contributed by atoms with Crippen LogP contribution in [0.25, 0.3) is 0 Å². The van der Waals surface area contributed by atoms with Crippen LogP contribution < -0.4 is 0 Å². The lowest BCUT2D eigenvalue weighted by Crippen LogP contribution is -1.98. The average molecular weight is 251 g/mol. The van der Waals surface area contributed by atoms with Gasteiger partial charge in [0.15, 0.2) is 0 Å². The average Bonchev–Trinajstić information content (AvgIpc) is 2.06. The molecule has 0 aliphatic rings. The van der Waals surface area contributed by atoms with Gasteiger partial charge in [-0.05, 0) is 36.1 Å². The van der Waals surface area contributed by atoms with Crippen LogP contribution in [0.2, 0.25) is 5.02 Å². The number of rotatable bonds is 2. The second-order valence-corrected chi connectivity index (χ2v) is 5.46. The van der Waals surface area contributed by atoms with Crippen LogP contribution in [-0.2, 0) is 10.2 Å². The van der Waals surface area contributed by atoms with Crippen LogP contribution in [0, 0.1) is 6.92 Å². The SMILES string of the molecule is Cc1cc(S(=O)(=O)F)cc(C(C)C)c1Cl. The van der Waals surface area contributed by atoms with Crippen LogP contribution >= 0.6 is 11.6 Å². The van der Waals surface area contributed by atoms with Crippen LogP contribution in [0.4, 0.5) is 3.89 Å². The molecule has 1 aromatic carbocycles. The largest absolute Gasteiger partial charge is 0.332 e. The van der Waals surface area contributed by atoms with Crippen molar-refractivity contribution in [3.63, 3.8) is 0 Å². The summed E-state index contributed by atoms with van der Waals surface area (Å²) in [4.78, 5) is -0.326. The van der Waals surface area contributed by atoms with Gasteiger partial charge in [0.2, 0.25) is 0 Å². The molecule has 0 aromatic heterocycles. The summed E-state index contributed by atoms with van der Waals surface area (Å²) >= 11 is 5.99. The van der Waals surface area contributed by atoms with E-state index in [1.165, 1.54) is 12.1 Å². The Hall–Kier alpha value is -0.610. The fourth-order valence-electron chi connectivity index (χ4n) is 1.32. The first-order valence-corrected chi connectivity index (χ1v) is 6.24. The van der Waals surface area contributed by atoms with Crippen LogP contribution in [0.1, 0.15) is 30.9 Å². The van der Waals surface area contributed by atoms with E-state index in [0.29, 0.717) is 16.1 Å². The van der Waals surface area contributed by atoms with Crippen molar-refractivity contribution < 1.29 is 12.3 Å². The molecule has 0 fully saturated rings. The van der Waals surface area contributed by atoms with Crippen LogP contribution in [-0.4, -0.2) is 8.42 Å². The molecule has 0 aliphatic heterocycles. The molecule has 0 saturated heterocycles. The lowest BCUT2D eigenvalue weighted by atomic mass is 10.0. The number of hydrogen-bond acceptors (Lipinski definition) is 2. The van der Waals surface area contributed by atoms with Crippen molar-refractivity contribution in [3.8, 4) is 0 Å². The third kappa shape index (κ3) is 2.69. The third-order valence-electron chi connectivity index (χ3n) is 2.16.